The minimum absolute atomic E-state index is 0.0527. The number of carbonyl (C=O) groups is 2. The van der Waals surface area contributed by atoms with E-state index in [1.807, 2.05) is 23.1 Å². The predicted octanol–water partition coefficient (Wildman–Crippen LogP) is 5.53. The molecule has 7 rings (SSSR count). The molecule has 210 valence electrons. The Morgan fingerprint density at radius 3 is 2.66 bits per heavy atom. The molecule has 0 bridgehead atoms. The normalized spacial score (nSPS) is 17.5. The number of nitrogens with zero attached hydrogens (tertiary/aromatic N) is 3. The van der Waals surface area contributed by atoms with Crippen LogP contribution in [-0.4, -0.2) is 52.6 Å². The second-order valence-corrected chi connectivity index (χ2v) is 11.2. The summed E-state index contributed by atoms with van der Waals surface area (Å²) < 4.78 is 13.1. The molecule has 41 heavy (non-hydrogen) atoms. The van der Waals surface area contributed by atoms with Gasteiger partial charge >= 0.3 is 0 Å². The van der Waals surface area contributed by atoms with Crippen molar-refractivity contribution in [3.8, 4) is 11.3 Å². The van der Waals surface area contributed by atoms with Crippen LogP contribution in [0.1, 0.15) is 65.4 Å². The van der Waals surface area contributed by atoms with E-state index in [0.717, 1.165) is 35.1 Å². The lowest BCUT2D eigenvalue weighted by Gasteiger charge is -2.28. The number of amides is 2. The van der Waals surface area contributed by atoms with Gasteiger partial charge in [-0.3, -0.25) is 9.59 Å². The fourth-order valence-electron chi connectivity index (χ4n) is 6.72. The van der Waals surface area contributed by atoms with Crippen LogP contribution in [0.3, 0.4) is 0 Å². The Balaban J connectivity index is 1.36. The molecule has 2 aliphatic heterocycles. The van der Waals surface area contributed by atoms with Gasteiger partial charge in [0.05, 0.1) is 38.2 Å². The van der Waals surface area contributed by atoms with Gasteiger partial charge in [0, 0.05) is 40.7 Å². The Labute approximate surface area is 239 Å². The molecule has 0 radical (unpaired) electrons. The van der Waals surface area contributed by atoms with Crippen molar-refractivity contribution in [2.45, 2.75) is 51.1 Å². The summed E-state index contributed by atoms with van der Waals surface area (Å²) in [5.74, 6) is 0.770. The molecule has 3 aliphatic rings. The molecule has 1 N–H and O–H groups in total. The van der Waals surface area contributed by atoms with E-state index >= 15 is 0 Å². The molecule has 0 spiro atoms. The molecule has 8 heteroatoms. The standard InChI is InChI=1S/C33H34N4O4/c38-32(35-20-29-34-12-15-41-29)24-10-11-27-28(19-24)37-21-25(33(39)36-13-16-40-17-14-36)18-23-8-4-5-9-26(23)31(37)30(27)22-6-2-1-3-7-22/h4-5,8-12,15,18-19,22H,1-3,6-7,13-14,16-17,20-21H2,(H,35,38). The van der Waals surface area contributed by atoms with E-state index in [4.69, 9.17) is 9.15 Å². The van der Waals surface area contributed by atoms with Gasteiger partial charge in [0.1, 0.15) is 6.26 Å². The van der Waals surface area contributed by atoms with Gasteiger partial charge in [-0.15, -0.1) is 0 Å². The Kier molecular flexibility index (Phi) is 6.92. The zero-order valence-electron chi connectivity index (χ0n) is 23.1. The molecular weight excluding hydrogens is 516 g/mol. The molecule has 2 fully saturated rings. The van der Waals surface area contributed by atoms with Crippen LogP contribution in [0, 0.1) is 0 Å². The number of nitrogens with one attached hydrogen (secondary N) is 1. The summed E-state index contributed by atoms with van der Waals surface area (Å²) in [6.45, 7) is 2.98. The number of hydrogen-bond donors (Lipinski definition) is 1. The van der Waals surface area contributed by atoms with Crippen molar-refractivity contribution < 1.29 is 18.7 Å². The van der Waals surface area contributed by atoms with E-state index < -0.39 is 0 Å². The minimum Gasteiger partial charge on any atom is -0.447 e. The van der Waals surface area contributed by atoms with Crippen LogP contribution < -0.4 is 5.32 Å². The van der Waals surface area contributed by atoms with Crippen LogP contribution in [0.4, 0.5) is 0 Å². The lowest BCUT2D eigenvalue weighted by Crippen LogP contribution is -2.41. The SMILES string of the molecule is O=C(NCc1ncco1)c1ccc2c(C3CCCCC3)c3n(c2c1)CC(C(=O)N1CCOCC1)=Cc1ccccc1-3. The van der Waals surface area contributed by atoms with E-state index in [1.54, 1.807) is 6.20 Å². The van der Waals surface area contributed by atoms with E-state index in [2.05, 4.69) is 45.2 Å². The molecule has 4 aromatic rings. The summed E-state index contributed by atoms with van der Waals surface area (Å²) in [4.78, 5) is 33.1. The first-order chi connectivity index (χ1) is 20.2. The summed E-state index contributed by atoms with van der Waals surface area (Å²) >= 11 is 0. The van der Waals surface area contributed by atoms with Crippen molar-refractivity contribution in [2.24, 2.45) is 0 Å². The van der Waals surface area contributed by atoms with Gasteiger partial charge in [-0.05, 0) is 48.1 Å². The third kappa shape index (κ3) is 4.86. The molecule has 1 aliphatic carbocycles. The van der Waals surface area contributed by atoms with Gasteiger partial charge < -0.3 is 23.9 Å². The number of ether oxygens (including phenoxy) is 1. The fraction of sp³-hybridized carbons (Fsp3) is 0.364. The summed E-state index contributed by atoms with van der Waals surface area (Å²) in [5.41, 5.74) is 7.05. The highest BCUT2D eigenvalue weighted by molar-refractivity contribution is 6.04. The van der Waals surface area contributed by atoms with Crippen LogP contribution >= 0.6 is 0 Å². The zero-order valence-corrected chi connectivity index (χ0v) is 23.1. The summed E-state index contributed by atoms with van der Waals surface area (Å²) in [7, 11) is 0. The van der Waals surface area contributed by atoms with E-state index in [9.17, 15) is 9.59 Å². The third-order valence-corrected chi connectivity index (χ3v) is 8.71. The minimum atomic E-state index is -0.186. The number of fused-ring (bicyclic) bond motifs is 5. The molecular formula is C33H34N4O4. The first kappa shape index (κ1) is 25.8. The van der Waals surface area contributed by atoms with Crippen LogP contribution in [-0.2, 0) is 22.6 Å². The molecule has 2 amide bonds. The van der Waals surface area contributed by atoms with Crippen molar-refractivity contribution in [3.63, 3.8) is 0 Å². The van der Waals surface area contributed by atoms with Crippen molar-refractivity contribution in [3.05, 3.63) is 83.1 Å². The predicted molar refractivity (Wildman–Crippen MR) is 156 cm³/mol. The molecule has 2 aromatic carbocycles. The highest BCUT2D eigenvalue weighted by Gasteiger charge is 2.31. The third-order valence-electron chi connectivity index (χ3n) is 8.71. The Hall–Kier alpha value is -4.17. The Morgan fingerprint density at radius 1 is 1.02 bits per heavy atom. The van der Waals surface area contributed by atoms with Gasteiger partial charge in [0.25, 0.3) is 11.8 Å². The Morgan fingerprint density at radius 2 is 1.85 bits per heavy atom. The fourth-order valence-corrected chi connectivity index (χ4v) is 6.72. The van der Waals surface area contributed by atoms with Crippen molar-refractivity contribution in [1.82, 2.24) is 19.8 Å². The largest absolute Gasteiger partial charge is 0.447 e. The number of rotatable bonds is 5. The number of oxazole rings is 1. The summed E-state index contributed by atoms with van der Waals surface area (Å²) in [5, 5.41) is 4.10. The maximum Gasteiger partial charge on any atom is 0.251 e. The number of hydrogen-bond acceptors (Lipinski definition) is 5. The maximum absolute atomic E-state index is 13.9. The average molecular weight is 551 g/mol. The second kappa shape index (κ2) is 11.0. The summed E-state index contributed by atoms with van der Waals surface area (Å²) in [6.07, 6.45) is 11.2. The van der Waals surface area contributed by atoms with Crippen LogP contribution in [0.5, 0.6) is 0 Å². The van der Waals surface area contributed by atoms with Crippen LogP contribution in [0.25, 0.3) is 28.2 Å². The number of morpholine rings is 1. The highest BCUT2D eigenvalue weighted by Crippen LogP contribution is 2.46. The molecule has 0 unspecified atom stereocenters. The first-order valence-electron chi connectivity index (χ1n) is 14.7. The quantitative estimate of drug-likeness (QED) is 0.353. The maximum atomic E-state index is 13.9. The smallest absolute Gasteiger partial charge is 0.251 e. The van der Waals surface area contributed by atoms with E-state index in [-0.39, 0.29) is 18.4 Å². The second-order valence-electron chi connectivity index (χ2n) is 11.2. The molecule has 1 saturated carbocycles. The van der Waals surface area contributed by atoms with Crippen molar-refractivity contribution >= 4 is 28.8 Å². The molecule has 0 atom stereocenters. The van der Waals surface area contributed by atoms with Gasteiger partial charge in [0.2, 0.25) is 5.89 Å². The summed E-state index contributed by atoms with van der Waals surface area (Å²) in [6, 6.07) is 14.4. The average Bonchev–Trinajstić information content (AvgIpc) is 3.62. The lowest BCUT2D eigenvalue weighted by atomic mass is 9.81. The number of aromatic nitrogens is 2. The van der Waals surface area contributed by atoms with E-state index in [0.29, 0.717) is 50.2 Å². The first-order valence-corrected chi connectivity index (χ1v) is 14.7. The van der Waals surface area contributed by atoms with Gasteiger partial charge in [-0.1, -0.05) is 49.6 Å². The monoisotopic (exact) mass is 550 g/mol. The lowest BCUT2D eigenvalue weighted by molar-refractivity contribution is -0.131. The van der Waals surface area contributed by atoms with Crippen molar-refractivity contribution in [2.75, 3.05) is 26.3 Å². The van der Waals surface area contributed by atoms with Crippen LogP contribution in [0.15, 0.2) is 64.9 Å². The zero-order chi connectivity index (χ0) is 27.8. The van der Waals surface area contributed by atoms with Gasteiger partial charge in [-0.25, -0.2) is 4.98 Å². The highest BCUT2D eigenvalue weighted by atomic mass is 16.5. The van der Waals surface area contributed by atoms with E-state index in [1.165, 1.54) is 42.2 Å². The molecule has 4 heterocycles. The molecule has 1 saturated heterocycles. The molecule has 2 aromatic heterocycles. The van der Waals surface area contributed by atoms with Gasteiger partial charge in [-0.2, -0.15) is 0 Å². The number of benzene rings is 2. The topological polar surface area (TPSA) is 89.6 Å². The number of carbonyl (C=O) groups excluding carboxylic acids is 2. The molecule has 8 nitrogen and oxygen atoms in total. The Bertz CT molecular complexity index is 1620. The van der Waals surface area contributed by atoms with Crippen LogP contribution in [0.2, 0.25) is 0 Å². The van der Waals surface area contributed by atoms with Gasteiger partial charge in [0.15, 0.2) is 0 Å². The van der Waals surface area contributed by atoms with Crippen molar-refractivity contribution in [1.29, 1.82) is 0 Å².